The Morgan fingerprint density at radius 2 is 2.00 bits per heavy atom. The van der Waals surface area contributed by atoms with Gasteiger partial charge in [0, 0.05) is 25.6 Å². The Bertz CT molecular complexity index is 247. The molecule has 2 aliphatic rings. The zero-order chi connectivity index (χ0) is 12.1. The van der Waals surface area contributed by atoms with E-state index >= 15 is 0 Å². The fourth-order valence-corrected chi connectivity index (χ4v) is 2.51. The predicted molar refractivity (Wildman–Crippen MR) is 68.6 cm³/mol. The summed E-state index contributed by atoms with van der Waals surface area (Å²) < 4.78 is 0. The molecule has 0 aromatic carbocycles. The molecule has 0 spiro atoms. The molecule has 1 aliphatic heterocycles. The van der Waals surface area contributed by atoms with Gasteiger partial charge in [-0.25, -0.2) is 0 Å². The van der Waals surface area contributed by atoms with E-state index in [0.717, 1.165) is 13.1 Å². The molecule has 2 fully saturated rings. The summed E-state index contributed by atoms with van der Waals surface area (Å²) in [5.41, 5.74) is 5.92. The van der Waals surface area contributed by atoms with Crippen molar-refractivity contribution in [1.29, 1.82) is 0 Å². The van der Waals surface area contributed by atoms with Gasteiger partial charge in [0.2, 0.25) is 5.91 Å². The molecule has 1 heterocycles. The number of rotatable bonds is 6. The lowest BCUT2D eigenvalue weighted by Gasteiger charge is -2.26. The van der Waals surface area contributed by atoms with E-state index in [4.69, 9.17) is 5.73 Å². The van der Waals surface area contributed by atoms with Crippen LogP contribution >= 0.6 is 0 Å². The summed E-state index contributed by atoms with van der Waals surface area (Å²) in [6, 6.07) is 0.0880. The van der Waals surface area contributed by atoms with Gasteiger partial charge < -0.3 is 16.0 Å². The fraction of sp³-hybridized carbons (Fsp3) is 0.923. The van der Waals surface area contributed by atoms with Crippen molar-refractivity contribution in [2.24, 2.45) is 11.7 Å². The molecule has 1 unspecified atom stereocenters. The maximum atomic E-state index is 11.6. The molecule has 98 valence electrons. The number of hydrogen-bond acceptors (Lipinski definition) is 3. The molecule has 0 aromatic heterocycles. The predicted octanol–water partition coefficient (Wildman–Crippen LogP) is 0.716. The SMILES string of the molecule is NC(CC(=O)NCCN1CCCCC1)C1CC1. The number of carbonyl (C=O) groups excluding carboxylic acids is 1. The van der Waals surface area contributed by atoms with Crippen LogP contribution in [0.25, 0.3) is 0 Å². The largest absolute Gasteiger partial charge is 0.355 e. The number of likely N-dealkylation sites (tertiary alicyclic amines) is 1. The lowest BCUT2D eigenvalue weighted by atomic mass is 10.1. The minimum atomic E-state index is 0.0880. The number of nitrogens with two attached hydrogens (primary N) is 1. The molecule has 3 N–H and O–H groups in total. The first-order valence-electron chi connectivity index (χ1n) is 7.00. The van der Waals surface area contributed by atoms with Crippen molar-refractivity contribution in [3.63, 3.8) is 0 Å². The number of carbonyl (C=O) groups is 1. The van der Waals surface area contributed by atoms with Gasteiger partial charge in [-0.15, -0.1) is 0 Å². The Hall–Kier alpha value is -0.610. The smallest absolute Gasteiger partial charge is 0.221 e. The maximum Gasteiger partial charge on any atom is 0.221 e. The third kappa shape index (κ3) is 4.64. The Morgan fingerprint density at radius 1 is 1.29 bits per heavy atom. The van der Waals surface area contributed by atoms with E-state index in [2.05, 4.69) is 10.2 Å². The van der Waals surface area contributed by atoms with Crippen molar-refractivity contribution < 1.29 is 4.79 Å². The van der Waals surface area contributed by atoms with E-state index in [-0.39, 0.29) is 11.9 Å². The first kappa shape index (κ1) is 12.8. The molecular formula is C13H25N3O. The van der Waals surface area contributed by atoms with E-state index in [1.807, 2.05) is 0 Å². The molecule has 1 saturated heterocycles. The second-order valence-corrected chi connectivity index (χ2v) is 5.46. The van der Waals surface area contributed by atoms with Crippen LogP contribution in [0.4, 0.5) is 0 Å². The topological polar surface area (TPSA) is 58.4 Å². The van der Waals surface area contributed by atoms with E-state index in [1.165, 1.54) is 45.2 Å². The monoisotopic (exact) mass is 239 g/mol. The number of nitrogens with zero attached hydrogens (tertiary/aromatic N) is 1. The van der Waals surface area contributed by atoms with E-state index in [0.29, 0.717) is 12.3 Å². The van der Waals surface area contributed by atoms with Crippen LogP contribution in [0.3, 0.4) is 0 Å². The van der Waals surface area contributed by atoms with Crippen LogP contribution in [-0.2, 0) is 4.79 Å². The summed E-state index contributed by atoms with van der Waals surface area (Å²) in [5.74, 6) is 0.740. The minimum absolute atomic E-state index is 0.0880. The maximum absolute atomic E-state index is 11.6. The van der Waals surface area contributed by atoms with Gasteiger partial charge in [0.05, 0.1) is 0 Å². The van der Waals surface area contributed by atoms with Gasteiger partial charge in [-0.2, -0.15) is 0 Å². The molecule has 4 nitrogen and oxygen atoms in total. The Balaban J connectivity index is 1.52. The molecule has 0 bridgehead atoms. The van der Waals surface area contributed by atoms with Gasteiger partial charge in [-0.05, 0) is 44.7 Å². The third-order valence-corrected chi connectivity index (χ3v) is 3.85. The van der Waals surface area contributed by atoms with E-state index < -0.39 is 0 Å². The minimum Gasteiger partial charge on any atom is -0.355 e. The standard InChI is InChI=1S/C13H25N3O/c14-12(11-4-5-11)10-13(17)15-6-9-16-7-2-1-3-8-16/h11-12H,1-10,14H2,(H,15,17). The summed E-state index contributed by atoms with van der Waals surface area (Å²) in [4.78, 5) is 14.1. The van der Waals surface area contributed by atoms with Gasteiger partial charge in [0.15, 0.2) is 0 Å². The summed E-state index contributed by atoms with van der Waals surface area (Å²) in [5, 5.41) is 2.98. The summed E-state index contributed by atoms with van der Waals surface area (Å²) in [7, 11) is 0. The number of amides is 1. The lowest BCUT2D eigenvalue weighted by molar-refractivity contribution is -0.121. The molecule has 4 heteroatoms. The van der Waals surface area contributed by atoms with Crippen molar-refractivity contribution in [1.82, 2.24) is 10.2 Å². The first-order chi connectivity index (χ1) is 8.25. The van der Waals surface area contributed by atoms with Crippen LogP contribution in [0.2, 0.25) is 0 Å². The second-order valence-electron chi connectivity index (χ2n) is 5.46. The van der Waals surface area contributed by atoms with Crippen LogP contribution in [0.15, 0.2) is 0 Å². The number of piperidine rings is 1. The third-order valence-electron chi connectivity index (χ3n) is 3.85. The highest BCUT2D eigenvalue weighted by Gasteiger charge is 2.29. The lowest BCUT2D eigenvalue weighted by Crippen LogP contribution is -2.39. The van der Waals surface area contributed by atoms with Crippen molar-refractivity contribution in [2.75, 3.05) is 26.2 Å². The number of hydrogen-bond donors (Lipinski definition) is 2. The van der Waals surface area contributed by atoms with Crippen LogP contribution in [0.5, 0.6) is 0 Å². The molecule has 0 radical (unpaired) electrons. The number of nitrogens with one attached hydrogen (secondary N) is 1. The highest BCUT2D eigenvalue weighted by molar-refractivity contribution is 5.76. The molecule has 17 heavy (non-hydrogen) atoms. The fourth-order valence-electron chi connectivity index (χ4n) is 2.51. The first-order valence-corrected chi connectivity index (χ1v) is 7.00. The molecule has 2 rings (SSSR count). The molecule has 1 atom stereocenters. The Kier molecular flexibility index (Phi) is 4.80. The van der Waals surface area contributed by atoms with Crippen LogP contribution in [-0.4, -0.2) is 43.0 Å². The van der Waals surface area contributed by atoms with Gasteiger partial charge >= 0.3 is 0 Å². The average Bonchev–Trinajstić information content (AvgIpc) is 3.14. The summed E-state index contributed by atoms with van der Waals surface area (Å²) >= 11 is 0. The normalized spacial score (nSPS) is 23.4. The van der Waals surface area contributed by atoms with Crippen molar-refractivity contribution >= 4 is 5.91 Å². The van der Waals surface area contributed by atoms with E-state index in [9.17, 15) is 4.79 Å². The Morgan fingerprint density at radius 3 is 2.65 bits per heavy atom. The van der Waals surface area contributed by atoms with Gasteiger partial charge in [0.1, 0.15) is 0 Å². The van der Waals surface area contributed by atoms with Crippen LogP contribution in [0, 0.1) is 5.92 Å². The van der Waals surface area contributed by atoms with Crippen molar-refractivity contribution in [2.45, 2.75) is 44.6 Å². The summed E-state index contributed by atoms with van der Waals surface area (Å²) in [6.07, 6.45) is 6.90. The Labute approximate surface area is 104 Å². The van der Waals surface area contributed by atoms with Crippen LogP contribution in [0.1, 0.15) is 38.5 Å². The van der Waals surface area contributed by atoms with E-state index in [1.54, 1.807) is 0 Å². The highest BCUT2D eigenvalue weighted by atomic mass is 16.1. The van der Waals surface area contributed by atoms with Gasteiger partial charge in [-0.3, -0.25) is 4.79 Å². The second kappa shape index (κ2) is 6.36. The van der Waals surface area contributed by atoms with Crippen LogP contribution < -0.4 is 11.1 Å². The quantitative estimate of drug-likeness (QED) is 0.718. The summed E-state index contributed by atoms with van der Waals surface area (Å²) in [6.45, 7) is 4.15. The molecule has 1 aliphatic carbocycles. The zero-order valence-electron chi connectivity index (χ0n) is 10.7. The molecular weight excluding hydrogens is 214 g/mol. The highest BCUT2D eigenvalue weighted by Crippen LogP contribution is 2.32. The van der Waals surface area contributed by atoms with Crippen molar-refractivity contribution in [3.05, 3.63) is 0 Å². The van der Waals surface area contributed by atoms with Crippen molar-refractivity contribution in [3.8, 4) is 0 Å². The van der Waals surface area contributed by atoms with Gasteiger partial charge in [0.25, 0.3) is 0 Å². The molecule has 1 amide bonds. The average molecular weight is 239 g/mol. The van der Waals surface area contributed by atoms with Gasteiger partial charge in [-0.1, -0.05) is 6.42 Å². The molecule has 0 aromatic rings. The zero-order valence-corrected chi connectivity index (χ0v) is 10.7. The molecule has 1 saturated carbocycles.